The highest BCUT2D eigenvalue weighted by Crippen LogP contribution is 2.13. The van der Waals surface area contributed by atoms with Crippen LogP contribution in [0.4, 0.5) is 11.6 Å². The van der Waals surface area contributed by atoms with E-state index in [1.807, 2.05) is 18.1 Å². The van der Waals surface area contributed by atoms with Gasteiger partial charge in [-0.2, -0.15) is 5.26 Å². The fraction of sp³-hybridized carbons (Fsp3) is 0.267. The van der Waals surface area contributed by atoms with E-state index in [9.17, 15) is 0 Å². The lowest BCUT2D eigenvalue weighted by Gasteiger charge is -2.18. The summed E-state index contributed by atoms with van der Waals surface area (Å²) in [5.74, 6) is 1.31. The van der Waals surface area contributed by atoms with Crippen LogP contribution < -0.4 is 10.2 Å². The number of likely N-dealkylation sites (N-methyl/N-ethyl adjacent to an activating group) is 1. The van der Waals surface area contributed by atoms with E-state index in [1.165, 1.54) is 17.5 Å². The van der Waals surface area contributed by atoms with Crippen LogP contribution in [-0.4, -0.2) is 23.6 Å². The Labute approximate surface area is 118 Å². The fourth-order valence-electron chi connectivity index (χ4n) is 1.85. The van der Waals surface area contributed by atoms with E-state index >= 15 is 0 Å². The minimum atomic E-state index is 0.514. The van der Waals surface area contributed by atoms with Crippen LogP contribution in [0.2, 0.25) is 0 Å². The summed E-state index contributed by atoms with van der Waals surface area (Å²) >= 11 is 0. The van der Waals surface area contributed by atoms with Gasteiger partial charge in [-0.05, 0) is 18.9 Å². The molecule has 2 aromatic rings. The van der Waals surface area contributed by atoms with Crippen LogP contribution in [0.5, 0.6) is 0 Å². The van der Waals surface area contributed by atoms with Gasteiger partial charge in [-0.3, -0.25) is 5.32 Å². The molecule has 0 atom stereocenters. The molecule has 0 saturated heterocycles. The van der Waals surface area contributed by atoms with E-state index in [2.05, 4.69) is 46.5 Å². The minimum absolute atomic E-state index is 0.514. The topological polar surface area (TPSA) is 64.8 Å². The van der Waals surface area contributed by atoms with Crippen LogP contribution in [0.15, 0.2) is 36.7 Å². The maximum atomic E-state index is 8.59. The first-order valence-electron chi connectivity index (χ1n) is 6.43. The molecule has 0 aliphatic rings. The summed E-state index contributed by atoms with van der Waals surface area (Å²) in [4.78, 5) is 10.2. The van der Waals surface area contributed by atoms with Crippen molar-refractivity contribution in [3.05, 3.63) is 47.8 Å². The Morgan fingerprint density at radius 1 is 1.25 bits per heavy atom. The number of nitriles is 1. The first-order chi connectivity index (χ1) is 9.69. The number of nitrogens with zero attached hydrogens (tertiary/aromatic N) is 4. The fourth-order valence-corrected chi connectivity index (χ4v) is 1.85. The van der Waals surface area contributed by atoms with Gasteiger partial charge in [0.2, 0.25) is 0 Å². The Morgan fingerprint density at radius 2 is 2.00 bits per heavy atom. The second kappa shape index (κ2) is 6.53. The molecule has 1 N–H and O–H groups in total. The number of anilines is 2. The zero-order valence-electron chi connectivity index (χ0n) is 11.7. The zero-order valence-corrected chi connectivity index (χ0v) is 11.7. The van der Waals surface area contributed by atoms with Gasteiger partial charge in [0.15, 0.2) is 6.19 Å². The summed E-state index contributed by atoms with van der Waals surface area (Å²) < 4.78 is 0. The lowest BCUT2D eigenvalue weighted by molar-refractivity contribution is 0.856. The van der Waals surface area contributed by atoms with Gasteiger partial charge in [0.25, 0.3) is 0 Å². The number of rotatable bonds is 5. The normalized spacial score (nSPS) is 9.85. The molecule has 0 fully saturated rings. The van der Waals surface area contributed by atoms with Crippen LogP contribution in [0.25, 0.3) is 0 Å². The molecular formula is C15H17N5. The average Bonchev–Trinajstić information content (AvgIpc) is 2.47. The highest BCUT2D eigenvalue weighted by Gasteiger charge is 2.04. The summed E-state index contributed by atoms with van der Waals surface area (Å²) in [6, 6.07) is 10.3. The van der Waals surface area contributed by atoms with E-state index in [-0.39, 0.29) is 0 Å². The molecule has 2 rings (SSSR count). The molecule has 1 aromatic carbocycles. The monoisotopic (exact) mass is 267 g/mol. The minimum Gasteiger partial charge on any atom is -0.359 e. The third-order valence-electron chi connectivity index (χ3n) is 3.08. The number of hydrogen-bond acceptors (Lipinski definition) is 5. The first-order valence-corrected chi connectivity index (χ1v) is 6.43. The van der Waals surface area contributed by atoms with Crippen molar-refractivity contribution in [1.29, 1.82) is 5.26 Å². The number of benzene rings is 1. The number of hydrogen-bond donors (Lipinski definition) is 1. The van der Waals surface area contributed by atoms with E-state index in [1.54, 1.807) is 6.07 Å². The molecule has 0 saturated carbocycles. The van der Waals surface area contributed by atoms with Crippen LogP contribution in [0, 0.1) is 18.4 Å². The molecule has 1 aromatic heterocycles. The van der Waals surface area contributed by atoms with Crippen molar-refractivity contribution in [3.63, 3.8) is 0 Å². The van der Waals surface area contributed by atoms with Gasteiger partial charge >= 0.3 is 0 Å². The van der Waals surface area contributed by atoms with Crippen molar-refractivity contribution in [3.8, 4) is 6.19 Å². The quantitative estimate of drug-likeness (QED) is 0.665. The second-order valence-electron chi connectivity index (χ2n) is 4.66. The molecule has 5 nitrogen and oxygen atoms in total. The lowest BCUT2D eigenvalue weighted by atomic mass is 10.1. The summed E-state index contributed by atoms with van der Waals surface area (Å²) in [6.07, 6.45) is 4.26. The smallest absolute Gasteiger partial charge is 0.182 e. The standard InChI is InChI=1S/C15H17N5/c1-12-3-5-13(6-4-12)7-8-20(2)15-9-14(17-10-16)18-11-19-15/h3-6,9,11H,7-8H2,1-2H3,(H,17,18,19). The molecule has 0 radical (unpaired) electrons. The van der Waals surface area contributed by atoms with Crippen molar-refractivity contribution < 1.29 is 0 Å². The van der Waals surface area contributed by atoms with Crippen molar-refractivity contribution in [2.45, 2.75) is 13.3 Å². The summed E-state index contributed by atoms with van der Waals surface area (Å²) in [6.45, 7) is 2.94. The Morgan fingerprint density at radius 3 is 2.70 bits per heavy atom. The molecule has 1 heterocycles. The Hall–Kier alpha value is -2.61. The van der Waals surface area contributed by atoms with Gasteiger partial charge < -0.3 is 4.90 Å². The molecule has 0 bridgehead atoms. The third kappa shape index (κ3) is 3.69. The summed E-state index contributed by atoms with van der Waals surface area (Å²) in [7, 11) is 1.98. The van der Waals surface area contributed by atoms with Crippen molar-refractivity contribution in [2.75, 3.05) is 23.8 Å². The van der Waals surface area contributed by atoms with Crippen molar-refractivity contribution >= 4 is 11.6 Å². The predicted octanol–water partition coefficient (Wildman–Crippen LogP) is 2.36. The molecule has 0 amide bonds. The van der Waals surface area contributed by atoms with Crippen molar-refractivity contribution in [2.24, 2.45) is 0 Å². The van der Waals surface area contributed by atoms with Gasteiger partial charge in [0.1, 0.15) is 18.0 Å². The molecule has 5 heteroatoms. The number of aromatic nitrogens is 2. The average molecular weight is 267 g/mol. The second-order valence-corrected chi connectivity index (χ2v) is 4.66. The molecule has 0 aliphatic heterocycles. The lowest BCUT2D eigenvalue weighted by Crippen LogP contribution is -2.21. The highest BCUT2D eigenvalue weighted by atomic mass is 15.2. The SMILES string of the molecule is Cc1ccc(CCN(C)c2cc(NC#N)ncn2)cc1. The summed E-state index contributed by atoms with van der Waals surface area (Å²) in [5, 5.41) is 11.1. The van der Waals surface area contributed by atoms with Gasteiger partial charge in [-0.1, -0.05) is 29.8 Å². The van der Waals surface area contributed by atoms with Crippen LogP contribution in [-0.2, 0) is 6.42 Å². The zero-order chi connectivity index (χ0) is 14.4. The van der Waals surface area contributed by atoms with E-state index in [4.69, 9.17) is 5.26 Å². The highest BCUT2D eigenvalue weighted by molar-refractivity contribution is 5.49. The van der Waals surface area contributed by atoms with Crippen LogP contribution in [0.3, 0.4) is 0 Å². The number of nitrogens with one attached hydrogen (secondary N) is 1. The van der Waals surface area contributed by atoms with Gasteiger partial charge in [0.05, 0.1) is 0 Å². The Bertz CT molecular complexity index is 600. The molecule has 102 valence electrons. The molecule has 0 spiro atoms. The van der Waals surface area contributed by atoms with Gasteiger partial charge in [0, 0.05) is 19.7 Å². The maximum Gasteiger partial charge on any atom is 0.182 e. The van der Waals surface area contributed by atoms with Crippen LogP contribution in [0.1, 0.15) is 11.1 Å². The molecular weight excluding hydrogens is 250 g/mol. The Balaban J connectivity index is 1.97. The van der Waals surface area contributed by atoms with Crippen molar-refractivity contribution in [1.82, 2.24) is 9.97 Å². The van der Waals surface area contributed by atoms with Gasteiger partial charge in [-0.25, -0.2) is 9.97 Å². The largest absolute Gasteiger partial charge is 0.359 e. The number of aryl methyl sites for hydroxylation is 1. The van der Waals surface area contributed by atoms with E-state index in [0.717, 1.165) is 18.8 Å². The van der Waals surface area contributed by atoms with E-state index < -0.39 is 0 Å². The van der Waals surface area contributed by atoms with Gasteiger partial charge in [-0.15, -0.1) is 0 Å². The van der Waals surface area contributed by atoms with Crippen LogP contribution >= 0.6 is 0 Å². The molecule has 0 aliphatic carbocycles. The maximum absolute atomic E-state index is 8.59. The van der Waals surface area contributed by atoms with E-state index in [0.29, 0.717) is 5.82 Å². The molecule has 0 unspecified atom stereocenters. The third-order valence-corrected chi connectivity index (χ3v) is 3.08. The predicted molar refractivity (Wildman–Crippen MR) is 79.4 cm³/mol. The summed E-state index contributed by atoms with van der Waals surface area (Å²) in [5.41, 5.74) is 2.57. The molecule has 20 heavy (non-hydrogen) atoms. The first kappa shape index (κ1) is 13.8. The Kier molecular flexibility index (Phi) is 4.51.